The van der Waals surface area contributed by atoms with Crippen LogP contribution in [0.5, 0.6) is 0 Å². The van der Waals surface area contributed by atoms with Gasteiger partial charge in [-0.25, -0.2) is 4.98 Å². The number of hydrogen-bond acceptors (Lipinski definition) is 5. The first-order valence-electron chi connectivity index (χ1n) is 9.16. The quantitative estimate of drug-likeness (QED) is 0.751. The van der Waals surface area contributed by atoms with E-state index in [1.54, 1.807) is 4.90 Å². The van der Waals surface area contributed by atoms with Crippen molar-refractivity contribution in [3.05, 3.63) is 51.5 Å². The van der Waals surface area contributed by atoms with E-state index in [2.05, 4.69) is 4.98 Å². The Bertz CT molecular complexity index is 785. The van der Waals surface area contributed by atoms with Gasteiger partial charge in [0.15, 0.2) is 0 Å². The van der Waals surface area contributed by atoms with Crippen molar-refractivity contribution in [2.24, 2.45) is 0 Å². The summed E-state index contributed by atoms with van der Waals surface area (Å²) in [6, 6.07) is 10.0. The molecule has 1 saturated heterocycles. The van der Waals surface area contributed by atoms with Gasteiger partial charge in [-0.1, -0.05) is 30.3 Å². The van der Waals surface area contributed by atoms with Gasteiger partial charge in [-0.15, -0.1) is 11.3 Å². The van der Waals surface area contributed by atoms with Crippen LogP contribution in [0.15, 0.2) is 30.3 Å². The van der Waals surface area contributed by atoms with Crippen LogP contribution in [0.25, 0.3) is 0 Å². The van der Waals surface area contributed by atoms with Crippen LogP contribution in [0.4, 0.5) is 0 Å². The number of hydrogen-bond donors (Lipinski definition) is 1. The number of amides is 1. The second-order valence-corrected chi connectivity index (χ2v) is 7.80. The summed E-state index contributed by atoms with van der Waals surface area (Å²) in [5.74, 6) is -1.06. The van der Waals surface area contributed by atoms with E-state index < -0.39 is 5.97 Å². The van der Waals surface area contributed by atoms with Crippen LogP contribution in [-0.4, -0.2) is 52.7 Å². The third-order valence-electron chi connectivity index (χ3n) is 4.56. The predicted molar refractivity (Wildman–Crippen MR) is 103 cm³/mol. The second-order valence-electron chi connectivity index (χ2n) is 6.71. The number of carbonyl (C=O) groups excluding carboxylic acids is 1. The molecule has 1 unspecified atom stereocenters. The molecule has 0 radical (unpaired) electrons. The van der Waals surface area contributed by atoms with Crippen LogP contribution in [0.3, 0.4) is 0 Å². The minimum atomic E-state index is -0.911. The van der Waals surface area contributed by atoms with Crippen molar-refractivity contribution in [3.63, 3.8) is 0 Å². The van der Waals surface area contributed by atoms with Crippen molar-refractivity contribution in [2.75, 3.05) is 19.7 Å². The number of carboxylic acid groups (broad SMARTS) is 1. The second kappa shape index (κ2) is 9.10. The fourth-order valence-electron chi connectivity index (χ4n) is 3.18. The third kappa shape index (κ3) is 5.37. The zero-order valence-corrected chi connectivity index (χ0v) is 16.2. The lowest BCUT2D eigenvalue weighted by Gasteiger charge is -2.24. The van der Waals surface area contributed by atoms with E-state index in [4.69, 9.17) is 9.84 Å². The third-order valence-corrected chi connectivity index (χ3v) is 5.71. The Balaban J connectivity index is 1.74. The lowest BCUT2D eigenvalue weighted by atomic mass is 10.2. The minimum Gasteiger partial charge on any atom is -0.481 e. The summed E-state index contributed by atoms with van der Waals surface area (Å²) in [6.45, 7) is 3.14. The highest BCUT2D eigenvalue weighted by molar-refractivity contribution is 7.13. The fraction of sp³-hybridized carbons (Fsp3) is 0.450. The topological polar surface area (TPSA) is 79.7 Å². The molecule has 1 N–H and O–H groups in total. The molecule has 1 aromatic carbocycles. The molecule has 1 aliphatic heterocycles. The number of aryl methyl sites for hydroxylation is 1. The first-order valence-corrected chi connectivity index (χ1v) is 9.97. The molecule has 1 aliphatic rings. The van der Waals surface area contributed by atoms with Gasteiger partial charge in [-0.05, 0) is 25.3 Å². The first kappa shape index (κ1) is 19.5. The van der Waals surface area contributed by atoms with Gasteiger partial charge in [0.2, 0.25) is 0 Å². The van der Waals surface area contributed by atoms with Crippen molar-refractivity contribution in [2.45, 2.75) is 38.7 Å². The Morgan fingerprint density at radius 3 is 2.78 bits per heavy atom. The monoisotopic (exact) mass is 388 g/mol. The van der Waals surface area contributed by atoms with Gasteiger partial charge in [0.05, 0.1) is 23.2 Å². The zero-order valence-electron chi connectivity index (χ0n) is 15.4. The molecule has 1 atom stereocenters. The molecule has 144 valence electrons. The van der Waals surface area contributed by atoms with Crippen LogP contribution in [0, 0.1) is 6.92 Å². The van der Waals surface area contributed by atoms with Gasteiger partial charge in [0.25, 0.3) is 5.91 Å². The van der Waals surface area contributed by atoms with E-state index in [-0.39, 0.29) is 25.0 Å². The molecule has 0 saturated carbocycles. The average Bonchev–Trinajstić information content (AvgIpc) is 3.28. The van der Waals surface area contributed by atoms with Gasteiger partial charge in [0, 0.05) is 26.1 Å². The number of rotatable bonds is 8. The van der Waals surface area contributed by atoms with Crippen molar-refractivity contribution in [3.8, 4) is 0 Å². The summed E-state index contributed by atoms with van der Waals surface area (Å²) in [7, 11) is 0. The maximum atomic E-state index is 13.1. The fourth-order valence-corrected chi connectivity index (χ4v) is 4.25. The molecule has 1 aromatic heterocycles. The van der Waals surface area contributed by atoms with Crippen LogP contribution >= 0.6 is 11.3 Å². The maximum Gasteiger partial charge on any atom is 0.305 e. The Kier molecular flexibility index (Phi) is 6.58. The molecule has 1 amide bonds. The minimum absolute atomic E-state index is 0.0141. The van der Waals surface area contributed by atoms with Crippen molar-refractivity contribution >= 4 is 23.2 Å². The summed E-state index contributed by atoms with van der Waals surface area (Å²) in [6.07, 6.45) is 2.47. The Morgan fingerprint density at radius 2 is 2.11 bits per heavy atom. The summed E-state index contributed by atoms with van der Waals surface area (Å²) >= 11 is 1.39. The SMILES string of the molecule is Cc1nc(Cc2ccccc2)sc1C(=O)N(CCC(=O)O)CC1CCCO1. The van der Waals surface area contributed by atoms with E-state index in [1.165, 1.54) is 11.3 Å². The van der Waals surface area contributed by atoms with E-state index >= 15 is 0 Å². The number of benzene rings is 1. The molecular weight excluding hydrogens is 364 g/mol. The average molecular weight is 388 g/mol. The molecule has 6 nitrogen and oxygen atoms in total. The normalized spacial score (nSPS) is 16.4. The predicted octanol–water partition coefficient (Wildman–Crippen LogP) is 3.14. The molecule has 7 heteroatoms. The number of ether oxygens (including phenoxy) is 1. The number of nitrogens with zero attached hydrogens (tertiary/aromatic N) is 2. The van der Waals surface area contributed by atoms with Crippen LogP contribution in [0.2, 0.25) is 0 Å². The highest BCUT2D eigenvalue weighted by atomic mass is 32.1. The summed E-state index contributed by atoms with van der Waals surface area (Å²) in [5, 5.41) is 9.91. The number of aromatic nitrogens is 1. The molecule has 1 fully saturated rings. The Hall–Kier alpha value is -2.25. The highest BCUT2D eigenvalue weighted by Crippen LogP contribution is 2.24. The summed E-state index contributed by atoms with van der Waals surface area (Å²) in [4.78, 5) is 30.8. The number of carbonyl (C=O) groups is 2. The molecular formula is C20H24N2O4S. The van der Waals surface area contributed by atoms with Crippen molar-refractivity contribution in [1.82, 2.24) is 9.88 Å². The van der Waals surface area contributed by atoms with Crippen LogP contribution in [-0.2, 0) is 16.0 Å². The molecule has 0 bridgehead atoms. The maximum absolute atomic E-state index is 13.1. The zero-order chi connectivity index (χ0) is 19.2. The molecule has 0 aliphatic carbocycles. The Morgan fingerprint density at radius 1 is 1.33 bits per heavy atom. The van der Waals surface area contributed by atoms with E-state index in [9.17, 15) is 9.59 Å². The van der Waals surface area contributed by atoms with Crippen LogP contribution in [0.1, 0.15) is 45.2 Å². The molecule has 2 heterocycles. The van der Waals surface area contributed by atoms with Gasteiger partial charge < -0.3 is 14.7 Å². The smallest absolute Gasteiger partial charge is 0.305 e. The highest BCUT2D eigenvalue weighted by Gasteiger charge is 2.26. The molecule has 3 rings (SSSR count). The first-order chi connectivity index (χ1) is 13.0. The van der Waals surface area contributed by atoms with Crippen molar-refractivity contribution < 1.29 is 19.4 Å². The lowest BCUT2D eigenvalue weighted by molar-refractivity contribution is -0.137. The van der Waals surface area contributed by atoms with Gasteiger partial charge in [-0.3, -0.25) is 9.59 Å². The number of carboxylic acids is 1. The van der Waals surface area contributed by atoms with Crippen molar-refractivity contribution in [1.29, 1.82) is 0 Å². The van der Waals surface area contributed by atoms with Gasteiger partial charge in [0.1, 0.15) is 4.88 Å². The molecule has 0 spiro atoms. The van der Waals surface area contributed by atoms with Crippen LogP contribution < -0.4 is 0 Å². The van der Waals surface area contributed by atoms with E-state index in [0.29, 0.717) is 30.1 Å². The van der Waals surface area contributed by atoms with E-state index in [0.717, 1.165) is 23.4 Å². The number of aliphatic carboxylic acids is 1. The van der Waals surface area contributed by atoms with Gasteiger partial charge >= 0.3 is 5.97 Å². The lowest BCUT2D eigenvalue weighted by Crippen LogP contribution is -2.38. The standard InChI is InChI=1S/C20H24N2O4S/c1-14-19(27-17(21-14)12-15-6-3-2-4-7-15)20(25)22(10-9-18(23)24)13-16-8-5-11-26-16/h2-4,6-7,16H,5,8-13H2,1H3,(H,23,24). The molecule has 27 heavy (non-hydrogen) atoms. The largest absolute Gasteiger partial charge is 0.481 e. The summed E-state index contributed by atoms with van der Waals surface area (Å²) < 4.78 is 5.64. The number of thiazole rings is 1. The van der Waals surface area contributed by atoms with E-state index in [1.807, 2.05) is 37.3 Å². The Labute approximate surface area is 162 Å². The summed E-state index contributed by atoms with van der Waals surface area (Å²) in [5.41, 5.74) is 1.84. The molecule has 2 aromatic rings. The van der Waals surface area contributed by atoms with Gasteiger partial charge in [-0.2, -0.15) is 0 Å².